The number of anilines is 1. The molecule has 24 heavy (non-hydrogen) atoms. The Bertz CT molecular complexity index is 750. The van der Waals surface area contributed by atoms with E-state index in [0.717, 1.165) is 35.0 Å². The Hall–Kier alpha value is -1.36. The van der Waals surface area contributed by atoms with Crippen molar-refractivity contribution in [3.8, 4) is 0 Å². The number of carbonyl (C=O) groups excluding carboxylic acids is 1. The van der Waals surface area contributed by atoms with Crippen LogP contribution in [0, 0.1) is 24.7 Å². The summed E-state index contributed by atoms with van der Waals surface area (Å²) < 4.78 is 0. The van der Waals surface area contributed by atoms with Crippen molar-refractivity contribution in [1.29, 1.82) is 0 Å². The zero-order chi connectivity index (χ0) is 15.3. The van der Waals surface area contributed by atoms with E-state index in [2.05, 4.69) is 10.3 Å². The smallest absolute Gasteiger partial charge is 0.229 e. The molecule has 2 bridgehead atoms. The summed E-state index contributed by atoms with van der Waals surface area (Å²) in [5.74, 6) is 1.05. The van der Waals surface area contributed by atoms with Crippen LogP contribution in [-0.2, 0) is 4.79 Å². The van der Waals surface area contributed by atoms with E-state index >= 15 is 0 Å². The van der Waals surface area contributed by atoms with Gasteiger partial charge in [-0.3, -0.25) is 9.78 Å². The van der Waals surface area contributed by atoms with Crippen LogP contribution in [0.15, 0.2) is 30.5 Å². The number of nitrogens with two attached hydrogens (primary N) is 1. The molecule has 4 unspecified atom stereocenters. The number of carbonyl (C=O) groups is 1. The molecule has 4 atom stereocenters. The summed E-state index contributed by atoms with van der Waals surface area (Å²) >= 11 is 0. The molecule has 2 aliphatic rings. The molecule has 0 aliphatic heterocycles. The highest BCUT2D eigenvalue weighted by atomic mass is 35.5. The number of pyridine rings is 1. The molecule has 0 saturated heterocycles. The molecule has 1 aromatic carbocycles. The third-order valence-electron chi connectivity index (χ3n) is 5.51. The van der Waals surface area contributed by atoms with Gasteiger partial charge >= 0.3 is 0 Å². The Kier molecular flexibility index (Phi) is 5.74. The molecule has 4 rings (SSSR count). The van der Waals surface area contributed by atoms with E-state index in [1.54, 1.807) is 6.20 Å². The second kappa shape index (κ2) is 7.26. The predicted molar refractivity (Wildman–Crippen MR) is 102 cm³/mol. The quantitative estimate of drug-likeness (QED) is 0.849. The van der Waals surface area contributed by atoms with Crippen molar-refractivity contribution in [3.05, 3.63) is 36.0 Å². The van der Waals surface area contributed by atoms with Crippen molar-refractivity contribution in [1.82, 2.24) is 4.98 Å². The van der Waals surface area contributed by atoms with Crippen molar-refractivity contribution in [2.75, 3.05) is 5.32 Å². The first kappa shape index (κ1) is 19.0. The second-order valence-electron chi connectivity index (χ2n) is 6.76. The molecule has 2 aromatic rings. The van der Waals surface area contributed by atoms with Crippen molar-refractivity contribution in [3.63, 3.8) is 0 Å². The molecule has 2 saturated carbocycles. The maximum absolute atomic E-state index is 12.7. The van der Waals surface area contributed by atoms with E-state index in [-0.39, 0.29) is 42.7 Å². The molecule has 130 valence electrons. The van der Waals surface area contributed by atoms with Crippen LogP contribution in [-0.4, -0.2) is 16.9 Å². The summed E-state index contributed by atoms with van der Waals surface area (Å²) in [7, 11) is 0. The third kappa shape index (κ3) is 2.99. The molecule has 2 fully saturated rings. The van der Waals surface area contributed by atoms with Crippen LogP contribution < -0.4 is 11.1 Å². The molecular weight excluding hydrogens is 345 g/mol. The molecule has 4 nitrogen and oxygen atoms in total. The zero-order valence-corrected chi connectivity index (χ0v) is 15.2. The Morgan fingerprint density at radius 2 is 1.96 bits per heavy atom. The number of fused-ring (bicyclic) bond motifs is 3. The molecule has 1 amide bonds. The van der Waals surface area contributed by atoms with Gasteiger partial charge in [-0.1, -0.05) is 6.07 Å². The van der Waals surface area contributed by atoms with Crippen LogP contribution >= 0.6 is 24.8 Å². The fraction of sp³-hybridized carbons (Fsp3) is 0.444. The predicted octanol–water partition coefficient (Wildman–Crippen LogP) is 3.70. The maximum atomic E-state index is 12.7. The normalized spacial score (nSPS) is 27.4. The average Bonchev–Trinajstić information content (AvgIpc) is 3.11. The zero-order valence-electron chi connectivity index (χ0n) is 13.6. The van der Waals surface area contributed by atoms with Crippen molar-refractivity contribution in [2.45, 2.75) is 32.2 Å². The van der Waals surface area contributed by atoms with Gasteiger partial charge in [0.2, 0.25) is 5.91 Å². The number of aromatic nitrogens is 1. The first-order valence-electron chi connectivity index (χ1n) is 8.06. The minimum absolute atomic E-state index is 0. The van der Waals surface area contributed by atoms with E-state index < -0.39 is 0 Å². The Morgan fingerprint density at radius 1 is 1.21 bits per heavy atom. The van der Waals surface area contributed by atoms with E-state index in [1.165, 1.54) is 6.42 Å². The minimum atomic E-state index is -0.0354. The number of nitrogens with zero attached hydrogens (tertiary/aromatic N) is 1. The van der Waals surface area contributed by atoms with Crippen LogP contribution in [0.25, 0.3) is 10.9 Å². The van der Waals surface area contributed by atoms with Crippen LogP contribution in [0.5, 0.6) is 0 Å². The highest BCUT2D eigenvalue weighted by Gasteiger charge is 2.49. The molecule has 2 aliphatic carbocycles. The number of halogens is 2. The van der Waals surface area contributed by atoms with E-state index in [0.29, 0.717) is 11.8 Å². The van der Waals surface area contributed by atoms with Crippen molar-refractivity contribution >= 4 is 47.3 Å². The van der Waals surface area contributed by atoms with Gasteiger partial charge in [-0.15, -0.1) is 24.8 Å². The Morgan fingerprint density at radius 3 is 2.67 bits per heavy atom. The van der Waals surface area contributed by atoms with Crippen LogP contribution in [0.4, 0.5) is 5.69 Å². The standard InChI is InChI=1S/C18H21N3O.2ClH/c1-10-4-7-14(13-3-2-8-20-17(10)13)21-18(22)15-11-5-6-12(9-11)16(15)19;;/h2-4,7-8,11-12,15-16H,5-6,9,19H2,1H3,(H,21,22);2*1H. The fourth-order valence-electron chi connectivity index (χ4n) is 4.36. The van der Waals surface area contributed by atoms with Gasteiger partial charge < -0.3 is 11.1 Å². The van der Waals surface area contributed by atoms with Gasteiger partial charge in [-0.2, -0.15) is 0 Å². The lowest BCUT2D eigenvalue weighted by molar-refractivity contribution is -0.121. The molecule has 0 radical (unpaired) electrons. The average molecular weight is 368 g/mol. The van der Waals surface area contributed by atoms with Gasteiger partial charge in [0.15, 0.2) is 0 Å². The first-order valence-corrected chi connectivity index (χ1v) is 8.06. The number of nitrogens with one attached hydrogen (secondary N) is 1. The number of amides is 1. The molecule has 6 heteroatoms. The number of benzene rings is 1. The van der Waals surface area contributed by atoms with Gasteiger partial charge in [0.05, 0.1) is 17.1 Å². The van der Waals surface area contributed by atoms with E-state index in [9.17, 15) is 4.79 Å². The Balaban J connectivity index is 0.00000104. The lowest BCUT2D eigenvalue weighted by atomic mass is 9.84. The highest BCUT2D eigenvalue weighted by Crippen LogP contribution is 2.48. The number of rotatable bonds is 2. The summed E-state index contributed by atoms with van der Waals surface area (Å²) in [6.45, 7) is 2.03. The molecule has 0 spiro atoms. The summed E-state index contributed by atoms with van der Waals surface area (Å²) in [6.07, 6.45) is 5.24. The number of hydrogen-bond donors (Lipinski definition) is 2. The maximum Gasteiger partial charge on any atom is 0.229 e. The van der Waals surface area contributed by atoms with Gasteiger partial charge in [0, 0.05) is 17.6 Å². The van der Waals surface area contributed by atoms with Gasteiger partial charge in [-0.25, -0.2) is 0 Å². The van der Waals surface area contributed by atoms with Crippen molar-refractivity contribution < 1.29 is 4.79 Å². The van der Waals surface area contributed by atoms with Crippen molar-refractivity contribution in [2.24, 2.45) is 23.5 Å². The topological polar surface area (TPSA) is 68.0 Å². The molecule has 3 N–H and O–H groups in total. The summed E-state index contributed by atoms with van der Waals surface area (Å²) in [5.41, 5.74) is 9.18. The molecule has 1 heterocycles. The highest BCUT2D eigenvalue weighted by molar-refractivity contribution is 6.03. The van der Waals surface area contributed by atoms with Crippen LogP contribution in [0.1, 0.15) is 24.8 Å². The van der Waals surface area contributed by atoms with E-state index in [1.807, 2.05) is 31.2 Å². The second-order valence-corrected chi connectivity index (χ2v) is 6.76. The molecular formula is C18H23Cl2N3O. The largest absolute Gasteiger partial charge is 0.327 e. The van der Waals surface area contributed by atoms with E-state index in [4.69, 9.17) is 5.73 Å². The minimum Gasteiger partial charge on any atom is -0.327 e. The molecule has 1 aromatic heterocycles. The lowest BCUT2D eigenvalue weighted by Crippen LogP contribution is -2.42. The van der Waals surface area contributed by atoms with Crippen LogP contribution in [0.3, 0.4) is 0 Å². The summed E-state index contributed by atoms with van der Waals surface area (Å²) in [5, 5.41) is 4.10. The summed E-state index contributed by atoms with van der Waals surface area (Å²) in [4.78, 5) is 17.2. The lowest BCUT2D eigenvalue weighted by Gasteiger charge is -2.27. The number of aryl methyl sites for hydroxylation is 1. The Labute approximate surface area is 154 Å². The van der Waals surface area contributed by atoms with Gasteiger partial charge in [0.1, 0.15) is 0 Å². The number of hydrogen-bond acceptors (Lipinski definition) is 3. The first-order chi connectivity index (χ1) is 10.6. The van der Waals surface area contributed by atoms with Crippen LogP contribution in [0.2, 0.25) is 0 Å². The third-order valence-corrected chi connectivity index (χ3v) is 5.51. The van der Waals surface area contributed by atoms with Gasteiger partial charge in [0.25, 0.3) is 0 Å². The summed E-state index contributed by atoms with van der Waals surface area (Å²) in [6, 6.07) is 7.90. The SMILES string of the molecule is Cc1ccc(NC(=O)C2C3CCC(C3)C2N)c2cccnc12.Cl.Cl. The van der Waals surface area contributed by atoms with Gasteiger partial charge in [-0.05, 0) is 61.8 Å². The monoisotopic (exact) mass is 367 g/mol. The fourth-order valence-corrected chi connectivity index (χ4v) is 4.36.